The fraction of sp³-hybridized carbons (Fsp3) is 0.444. The molecule has 0 aromatic carbocycles. The summed E-state index contributed by atoms with van der Waals surface area (Å²) in [6, 6.07) is 1.41. The van der Waals surface area contributed by atoms with Gasteiger partial charge in [0.25, 0.3) is 0 Å². The second-order valence-electron chi connectivity index (χ2n) is 3.12. The molecular weight excluding hydrogens is 204 g/mol. The van der Waals surface area contributed by atoms with Crippen LogP contribution in [0.25, 0.3) is 0 Å². The highest BCUT2D eigenvalue weighted by molar-refractivity contribution is 6.30. The Labute approximate surface area is 87.1 Å². The Hall–Kier alpha value is -0.840. The van der Waals surface area contributed by atoms with E-state index in [4.69, 9.17) is 22.4 Å². The van der Waals surface area contributed by atoms with Crippen molar-refractivity contribution in [3.05, 3.63) is 23.5 Å². The number of Topliss-reactive ketones (excluding diaryl/α,β-unsaturated/α-hetero) is 1. The van der Waals surface area contributed by atoms with Crippen molar-refractivity contribution < 1.29 is 9.90 Å². The molecular formula is C9H13ClN2O2. The Morgan fingerprint density at radius 1 is 1.71 bits per heavy atom. The molecule has 4 N–H and O–H groups in total. The number of carbonyl (C=O) groups is 1. The Morgan fingerprint density at radius 2 is 2.43 bits per heavy atom. The van der Waals surface area contributed by atoms with Gasteiger partial charge in [-0.1, -0.05) is 0 Å². The normalized spacial score (nSPS) is 12.8. The van der Waals surface area contributed by atoms with E-state index in [0.29, 0.717) is 12.0 Å². The van der Waals surface area contributed by atoms with Crippen LogP contribution >= 0.6 is 11.6 Å². The third-order valence-corrected chi connectivity index (χ3v) is 2.15. The first kappa shape index (κ1) is 11.2. The Bertz CT molecular complexity index is 312. The van der Waals surface area contributed by atoms with Crippen LogP contribution in [0.3, 0.4) is 0 Å². The number of nitrogens with one attached hydrogen (secondary N) is 1. The molecule has 1 unspecified atom stereocenters. The molecule has 1 atom stereocenters. The lowest BCUT2D eigenvalue weighted by molar-refractivity contribution is 0.102. The molecule has 0 aliphatic heterocycles. The number of alkyl halides is 1. The minimum Gasteiger partial charge on any atom is -0.395 e. The maximum Gasteiger partial charge on any atom is 0.179 e. The molecule has 0 aliphatic carbocycles. The second kappa shape index (κ2) is 5.14. The average molecular weight is 217 g/mol. The lowest BCUT2D eigenvalue weighted by atomic mass is 10.1. The fourth-order valence-electron chi connectivity index (χ4n) is 1.14. The minimum absolute atomic E-state index is 0.0245. The van der Waals surface area contributed by atoms with E-state index in [1.54, 1.807) is 12.3 Å². The van der Waals surface area contributed by atoms with Crippen LogP contribution in [-0.2, 0) is 6.42 Å². The van der Waals surface area contributed by atoms with E-state index in [-0.39, 0.29) is 24.3 Å². The maximum atomic E-state index is 11.1. The standard InChI is InChI=1S/C9H13ClN2O2/c10-3-9(14)6-1-8(12-4-6)2-7(11)5-13/h1,4,7,12-13H,2-3,5,11H2. The van der Waals surface area contributed by atoms with E-state index in [9.17, 15) is 4.79 Å². The third kappa shape index (κ3) is 2.83. The number of ketones is 1. The monoisotopic (exact) mass is 216 g/mol. The summed E-state index contributed by atoms with van der Waals surface area (Å²) in [5, 5.41) is 8.73. The van der Waals surface area contributed by atoms with Crippen molar-refractivity contribution in [2.75, 3.05) is 12.5 Å². The number of rotatable bonds is 5. The van der Waals surface area contributed by atoms with Gasteiger partial charge in [0.1, 0.15) is 0 Å². The summed E-state index contributed by atoms with van der Waals surface area (Å²) in [5.74, 6) is -0.143. The first-order valence-corrected chi connectivity index (χ1v) is 4.83. The SMILES string of the molecule is NC(CO)Cc1cc(C(=O)CCl)c[nH]1. The number of H-pyrrole nitrogens is 1. The number of aliphatic hydroxyl groups is 1. The highest BCUT2D eigenvalue weighted by atomic mass is 35.5. The van der Waals surface area contributed by atoms with Crippen LogP contribution < -0.4 is 5.73 Å². The predicted octanol–water partition coefficient (Wildman–Crippen LogP) is 0.298. The van der Waals surface area contributed by atoms with Crippen molar-refractivity contribution >= 4 is 17.4 Å². The third-order valence-electron chi connectivity index (χ3n) is 1.90. The van der Waals surface area contributed by atoms with Gasteiger partial charge >= 0.3 is 0 Å². The fourth-order valence-corrected chi connectivity index (χ4v) is 1.30. The number of hydrogen-bond acceptors (Lipinski definition) is 3. The van der Waals surface area contributed by atoms with Crippen LogP contribution in [0.2, 0.25) is 0 Å². The summed E-state index contributed by atoms with van der Waals surface area (Å²) in [4.78, 5) is 14.1. The zero-order valence-electron chi connectivity index (χ0n) is 7.66. The quantitative estimate of drug-likeness (QED) is 0.489. The van der Waals surface area contributed by atoms with Gasteiger partial charge in [-0.2, -0.15) is 0 Å². The van der Waals surface area contributed by atoms with Gasteiger partial charge in [0.05, 0.1) is 12.5 Å². The number of halogens is 1. The van der Waals surface area contributed by atoms with Crippen LogP contribution in [-0.4, -0.2) is 34.4 Å². The zero-order chi connectivity index (χ0) is 10.6. The van der Waals surface area contributed by atoms with Crippen LogP contribution in [0.1, 0.15) is 16.1 Å². The minimum atomic E-state index is -0.299. The molecule has 0 aliphatic rings. The van der Waals surface area contributed by atoms with Gasteiger partial charge in [-0.15, -0.1) is 11.6 Å². The molecule has 78 valence electrons. The molecule has 14 heavy (non-hydrogen) atoms. The van der Waals surface area contributed by atoms with Crippen molar-refractivity contribution in [2.24, 2.45) is 5.73 Å². The molecule has 0 amide bonds. The number of nitrogens with two attached hydrogens (primary N) is 1. The Balaban J connectivity index is 2.63. The highest BCUT2D eigenvalue weighted by Gasteiger charge is 2.09. The van der Waals surface area contributed by atoms with E-state index in [2.05, 4.69) is 4.98 Å². The van der Waals surface area contributed by atoms with Crippen molar-refractivity contribution in [2.45, 2.75) is 12.5 Å². The number of carbonyl (C=O) groups excluding carboxylic acids is 1. The number of aromatic amines is 1. The topological polar surface area (TPSA) is 79.1 Å². The number of aliphatic hydroxyl groups excluding tert-OH is 1. The number of hydrogen-bond donors (Lipinski definition) is 3. The van der Waals surface area contributed by atoms with E-state index in [0.717, 1.165) is 5.69 Å². The summed E-state index contributed by atoms with van der Waals surface area (Å²) in [5.41, 5.74) is 6.93. The summed E-state index contributed by atoms with van der Waals surface area (Å²) in [6.45, 7) is -0.0716. The first-order chi connectivity index (χ1) is 6.67. The van der Waals surface area contributed by atoms with E-state index < -0.39 is 0 Å². The van der Waals surface area contributed by atoms with Crippen molar-refractivity contribution in [3.63, 3.8) is 0 Å². The van der Waals surface area contributed by atoms with Gasteiger partial charge in [0.2, 0.25) is 0 Å². The molecule has 0 saturated heterocycles. The van der Waals surface area contributed by atoms with Gasteiger partial charge in [-0.25, -0.2) is 0 Å². The van der Waals surface area contributed by atoms with Gasteiger partial charge in [0, 0.05) is 29.9 Å². The van der Waals surface area contributed by atoms with E-state index >= 15 is 0 Å². The molecule has 0 spiro atoms. The highest BCUT2D eigenvalue weighted by Crippen LogP contribution is 2.07. The smallest absolute Gasteiger partial charge is 0.179 e. The molecule has 5 heteroatoms. The Kier molecular flexibility index (Phi) is 4.13. The van der Waals surface area contributed by atoms with Crippen molar-refractivity contribution in [1.29, 1.82) is 0 Å². The largest absolute Gasteiger partial charge is 0.395 e. The molecule has 0 fully saturated rings. The maximum absolute atomic E-state index is 11.1. The second-order valence-corrected chi connectivity index (χ2v) is 3.38. The lowest BCUT2D eigenvalue weighted by Crippen LogP contribution is -2.26. The van der Waals surface area contributed by atoms with Crippen molar-refractivity contribution in [1.82, 2.24) is 4.98 Å². The van der Waals surface area contributed by atoms with E-state index in [1.165, 1.54) is 0 Å². The van der Waals surface area contributed by atoms with Crippen molar-refractivity contribution in [3.8, 4) is 0 Å². The van der Waals surface area contributed by atoms with Gasteiger partial charge in [0.15, 0.2) is 5.78 Å². The molecule has 4 nitrogen and oxygen atoms in total. The summed E-state index contributed by atoms with van der Waals surface area (Å²) in [7, 11) is 0. The van der Waals surface area contributed by atoms with Crippen LogP contribution in [0.5, 0.6) is 0 Å². The van der Waals surface area contributed by atoms with E-state index in [1.807, 2.05) is 0 Å². The number of aromatic nitrogens is 1. The van der Waals surface area contributed by atoms with Gasteiger partial charge in [-0.05, 0) is 6.07 Å². The average Bonchev–Trinajstić information content (AvgIpc) is 2.65. The van der Waals surface area contributed by atoms with Crippen LogP contribution in [0.15, 0.2) is 12.3 Å². The zero-order valence-corrected chi connectivity index (χ0v) is 8.42. The summed E-state index contributed by atoms with van der Waals surface area (Å²) in [6.07, 6.45) is 2.12. The summed E-state index contributed by atoms with van der Waals surface area (Å²) >= 11 is 5.40. The predicted molar refractivity (Wildman–Crippen MR) is 54.6 cm³/mol. The van der Waals surface area contributed by atoms with Gasteiger partial charge in [-0.3, -0.25) is 4.79 Å². The molecule has 1 rings (SSSR count). The molecule has 1 aromatic rings. The molecule has 0 saturated carbocycles. The Morgan fingerprint density at radius 3 is 3.00 bits per heavy atom. The van der Waals surface area contributed by atoms with Crippen LogP contribution in [0, 0.1) is 0 Å². The molecule has 0 bridgehead atoms. The molecule has 0 radical (unpaired) electrons. The molecule has 1 heterocycles. The lowest BCUT2D eigenvalue weighted by Gasteiger charge is -2.04. The van der Waals surface area contributed by atoms with Gasteiger partial charge < -0.3 is 15.8 Å². The van der Waals surface area contributed by atoms with Crippen LogP contribution in [0.4, 0.5) is 0 Å². The first-order valence-electron chi connectivity index (χ1n) is 4.30. The summed E-state index contributed by atoms with van der Waals surface area (Å²) < 4.78 is 0. The molecule has 1 aromatic heterocycles.